The quantitative estimate of drug-likeness (QED) is 0.131. The highest BCUT2D eigenvalue weighted by molar-refractivity contribution is 6.33. The lowest BCUT2D eigenvalue weighted by Crippen LogP contribution is -2.32. The number of aliphatic imine (C=N–C) groups is 1. The minimum absolute atomic E-state index is 0.235. The molecule has 0 aromatic heterocycles. The fourth-order valence-electron chi connectivity index (χ4n) is 3.89. The molecule has 0 fully saturated rings. The maximum atomic E-state index is 13.6. The first kappa shape index (κ1) is 31.4. The maximum Gasteiger partial charge on any atom is 0.762 e. The summed E-state index contributed by atoms with van der Waals surface area (Å²) in [4.78, 5) is 4.38. The van der Waals surface area contributed by atoms with E-state index < -0.39 is 13.6 Å². The van der Waals surface area contributed by atoms with Crippen LogP contribution in [0.25, 0.3) is 0 Å². The second-order valence-electron chi connectivity index (χ2n) is 8.67. The van der Waals surface area contributed by atoms with Crippen molar-refractivity contribution >= 4 is 19.1 Å². The molecule has 1 atom stereocenters. The van der Waals surface area contributed by atoms with E-state index in [4.69, 9.17) is 19.5 Å². The second-order valence-corrected chi connectivity index (χ2v) is 8.67. The summed E-state index contributed by atoms with van der Waals surface area (Å²) in [5.41, 5.74) is 3.62. The molecule has 0 aliphatic heterocycles. The number of ether oxygens (including phenoxy) is 3. The lowest BCUT2D eigenvalue weighted by Gasteiger charge is -2.28. The second kappa shape index (κ2) is 16.2. The van der Waals surface area contributed by atoms with Crippen molar-refractivity contribution in [1.29, 1.82) is 5.26 Å². The Morgan fingerprint density at radius 3 is 1.95 bits per heavy atom. The van der Waals surface area contributed by atoms with Gasteiger partial charge in [0.05, 0.1) is 38.4 Å². The lowest BCUT2D eigenvalue weighted by molar-refractivity contribution is -0.220. The Balaban J connectivity index is 0.00000114. The summed E-state index contributed by atoms with van der Waals surface area (Å²) in [6.45, 7) is 0.529. The van der Waals surface area contributed by atoms with Gasteiger partial charge in [0.1, 0.15) is 12.4 Å². The summed E-state index contributed by atoms with van der Waals surface area (Å²) >= 11 is 0. The van der Waals surface area contributed by atoms with Crippen molar-refractivity contribution in [2.24, 2.45) is 4.99 Å². The summed E-state index contributed by atoms with van der Waals surface area (Å²) in [6, 6.07) is 30.9. The number of methoxy groups -OCH3 is 2. The summed E-state index contributed by atoms with van der Waals surface area (Å²) in [5, 5.41) is 26.1. The van der Waals surface area contributed by atoms with Crippen LogP contribution in [0.3, 0.4) is 0 Å². The average molecular weight is 574 g/mol. The van der Waals surface area contributed by atoms with E-state index in [9.17, 15) is 18.1 Å². The van der Waals surface area contributed by atoms with Gasteiger partial charge in [-0.15, -0.1) is 0 Å². The van der Waals surface area contributed by atoms with Crippen LogP contribution in [-0.4, -0.2) is 27.7 Å². The SMILES string of the molecule is COc1cc(OCc2ccccc2)c(C(Nc2ccc(C#N)cc2)C([O-])=NCc2ccccc2)cc1OC.FB(F)F. The van der Waals surface area contributed by atoms with Gasteiger partial charge in [0, 0.05) is 17.3 Å². The molecule has 42 heavy (non-hydrogen) atoms. The van der Waals surface area contributed by atoms with Crippen LogP contribution in [0.5, 0.6) is 17.2 Å². The van der Waals surface area contributed by atoms with Crippen LogP contribution < -0.4 is 24.6 Å². The van der Waals surface area contributed by atoms with Gasteiger partial charge in [0.25, 0.3) is 0 Å². The summed E-state index contributed by atoms with van der Waals surface area (Å²) in [6.07, 6.45) is 0. The van der Waals surface area contributed by atoms with Crippen molar-refractivity contribution in [3.05, 3.63) is 119 Å². The Kier molecular flexibility index (Phi) is 12.1. The van der Waals surface area contributed by atoms with Crippen molar-refractivity contribution in [3.63, 3.8) is 0 Å². The molecule has 0 amide bonds. The van der Waals surface area contributed by atoms with Crippen molar-refractivity contribution in [3.8, 4) is 23.3 Å². The molecule has 0 spiro atoms. The summed E-state index contributed by atoms with van der Waals surface area (Å²) in [7, 11) is -0.581. The number of hydrogen-bond donors (Lipinski definition) is 1. The molecule has 1 N–H and O–H groups in total. The van der Waals surface area contributed by atoms with E-state index in [0.717, 1.165) is 11.1 Å². The van der Waals surface area contributed by atoms with Crippen molar-refractivity contribution < 1.29 is 32.3 Å². The number of hydrogen-bond acceptors (Lipinski definition) is 7. The van der Waals surface area contributed by atoms with Crippen LogP contribution in [0.2, 0.25) is 0 Å². The molecule has 0 bridgehead atoms. The molecule has 11 heteroatoms. The van der Waals surface area contributed by atoms with E-state index in [1.54, 1.807) is 43.5 Å². The first-order valence-electron chi connectivity index (χ1n) is 12.7. The third kappa shape index (κ3) is 9.52. The van der Waals surface area contributed by atoms with E-state index >= 15 is 0 Å². The number of rotatable bonds is 11. The third-order valence-corrected chi connectivity index (χ3v) is 5.90. The minimum Gasteiger partial charge on any atom is -0.860 e. The first-order valence-corrected chi connectivity index (χ1v) is 12.7. The molecular formula is C31H28BF3N3O4-. The molecule has 1 unspecified atom stereocenters. The van der Waals surface area contributed by atoms with Crippen LogP contribution in [0.4, 0.5) is 18.6 Å². The zero-order chi connectivity index (χ0) is 30.3. The fourth-order valence-corrected chi connectivity index (χ4v) is 3.89. The number of nitrogens with one attached hydrogen (secondary N) is 1. The monoisotopic (exact) mass is 574 g/mol. The predicted octanol–water partition coefficient (Wildman–Crippen LogP) is 6.15. The van der Waals surface area contributed by atoms with Gasteiger partial charge in [-0.1, -0.05) is 60.7 Å². The summed E-state index contributed by atoms with van der Waals surface area (Å²) < 4.78 is 46.3. The molecule has 0 aliphatic carbocycles. The number of nitriles is 1. The van der Waals surface area contributed by atoms with Crippen molar-refractivity contribution in [2.45, 2.75) is 19.2 Å². The lowest BCUT2D eigenvalue weighted by atomic mass is 10.0. The molecule has 0 saturated heterocycles. The highest BCUT2D eigenvalue weighted by Gasteiger charge is 2.21. The Hall–Kier alpha value is -5.11. The topological polar surface area (TPSA) is 98.9 Å². The number of halogens is 3. The first-order chi connectivity index (χ1) is 20.3. The number of nitrogens with zero attached hydrogens (tertiary/aromatic N) is 2. The van der Waals surface area contributed by atoms with Gasteiger partial charge in [-0.05, 0) is 47.4 Å². The van der Waals surface area contributed by atoms with E-state index in [2.05, 4.69) is 16.4 Å². The smallest absolute Gasteiger partial charge is 0.762 e. The Bertz CT molecular complexity index is 1470. The zero-order valence-electron chi connectivity index (χ0n) is 23.0. The van der Waals surface area contributed by atoms with Crippen LogP contribution in [0, 0.1) is 11.3 Å². The molecule has 4 aromatic rings. The molecule has 0 aliphatic rings. The van der Waals surface area contributed by atoms with E-state index in [-0.39, 0.29) is 12.4 Å². The highest BCUT2D eigenvalue weighted by Crippen LogP contribution is 2.39. The molecule has 7 nitrogen and oxygen atoms in total. The Morgan fingerprint density at radius 1 is 0.857 bits per heavy atom. The Labute approximate surface area is 243 Å². The minimum atomic E-state index is -3.67. The average Bonchev–Trinajstić information content (AvgIpc) is 3.02. The summed E-state index contributed by atoms with van der Waals surface area (Å²) in [5.74, 6) is 1.01. The Morgan fingerprint density at radius 2 is 1.40 bits per heavy atom. The van der Waals surface area contributed by atoms with Crippen LogP contribution in [0.1, 0.15) is 28.3 Å². The van der Waals surface area contributed by atoms with Gasteiger partial charge < -0.3 is 24.6 Å². The van der Waals surface area contributed by atoms with Crippen LogP contribution >= 0.6 is 0 Å². The molecule has 4 aromatic carbocycles. The number of benzene rings is 4. The normalized spacial score (nSPS) is 11.3. The van der Waals surface area contributed by atoms with E-state index in [0.29, 0.717) is 40.7 Å². The number of anilines is 1. The van der Waals surface area contributed by atoms with Gasteiger partial charge in [-0.25, -0.2) is 0 Å². The molecule has 216 valence electrons. The van der Waals surface area contributed by atoms with Crippen molar-refractivity contribution in [2.75, 3.05) is 19.5 Å². The van der Waals surface area contributed by atoms with Crippen LogP contribution in [0.15, 0.2) is 102 Å². The largest absolute Gasteiger partial charge is 0.860 e. The van der Waals surface area contributed by atoms with Gasteiger partial charge in [-0.2, -0.15) is 5.26 Å². The molecule has 0 radical (unpaired) electrons. The van der Waals surface area contributed by atoms with Gasteiger partial charge in [0.2, 0.25) is 0 Å². The maximum absolute atomic E-state index is 13.6. The molecule has 0 saturated carbocycles. The van der Waals surface area contributed by atoms with Gasteiger partial charge in [0.15, 0.2) is 11.5 Å². The molecule has 0 heterocycles. The van der Waals surface area contributed by atoms with E-state index in [1.807, 2.05) is 60.7 Å². The highest BCUT2D eigenvalue weighted by atomic mass is 19.4. The van der Waals surface area contributed by atoms with Gasteiger partial charge in [-0.3, -0.25) is 17.9 Å². The zero-order valence-corrected chi connectivity index (χ0v) is 23.0. The molecule has 4 rings (SSSR count). The van der Waals surface area contributed by atoms with E-state index in [1.165, 1.54) is 7.11 Å². The molecular weight excluding hydrogens is 546 g/mol. The van der Waals surface area contributed by atoms with Gasteiger partial charge >= 0.3 is 7.54 Å². The third-order valence-electron chi connectivity index (χ3n) is 5.90. The fraction of sp³-hybridized carbons (Fsp3) is 0.161. The van der Waals surface area contributed by atoms with Crippen LogP contribution in [-0.2, 0) is 13.2 Å². The van der Waals surface area contributed by atoms with Crippen molar-refractivity contribution in [1.82, 2.24) is 0 Å². The predicted molar refractivity (Wildman–Crippen MR) is 154 cm³/mol. The standard InChI is InChI=1S/C31H29N3O4.BF3/c1-36-28-17-26(27(18-29(28)37-2)38-21-24-11-7-4-8-12-24)30(34-25-15-13-22(19-32)14-16-25)31(35)33-20-23-9-5-3-6-10-23;2-1(3)4/h3-18,30,34H,20-21H2,1-2H3,(H,33,35);/p-1.